The minimum atomic E-state index is -4.84. The SMILES string of the molecule is CCOC(=O)Cc1c(OC)cccc1OC(F)(F)F. The van der Waals surface area contributed by atoms with Gasteiger partial charge in [0, 0.05) is 5.56 Å². The summed E-state index contributed by atoms with van der Waals surface area (Å²) in [5.41, 5.74) is 0.000718. The largest absolute Gasteiger partial charge is 0.573 e. The highest BCUT2D eigenvalue weighted by Gasteiger charge is 2.33. The fourth-order valence-corrected chi connectivity index (χ4v) is 1.49. The van der Waals surface area contributed by atoms with Gasteiger partial charge in [-0.1, -0.05) is 6.07 Å². The van der Waals surface area contributed by atoms with Crippen molar-refractivity contribution < 1.29 is 32.2 Å². The third-order valence-electron chi connectivity index (χ3n) is 2.16. The van der Waals surface area contributed by atoms with Crippen molar-refractivity contribution in [3.05, 3.63) is 23.8 Å². The molecule has 0 aliphatic rings. The number of benzene rings is 1. The molecule has 0 unspecified atom stereocenters. The van der Waals surface area contributed by atoms with Crippen LogP contribution in [-0.2, 0) is 16.0 Å². The molecule has 0 aliphatic heterocycles. The molecule has 0 atom stereocenters. The third kappa shape index (κ3) is 4.69. The topological polar surface area (TPSA) is 44.8 Å². The summed E-state index contributed by atoms with van der Waals surface area (Å²) in [6, 6.07) is 3.90. The fraction of sp³-hybridized carbons (Fsp3) is 0.417. The number of carbonyl (C=O) groups excluding carboxylic acids is 1. The first kappa shape index (κ1) is 15.1. The van der Waals surface area contributed by atoms with Crippen molar-refractivity contribution in [2.24, 2.45) is 0 Å². The number of rotatable bonds is 5. The summed E-state index contributed by atoms with van der Waals surface area (Å²) in [6.07, 6.45) is -5.20. The number of methoxy groups -OCH3 is 1. The molecule has 0 amide bonds. The van der Waals surface area contributed by atoms with Crippen molar-refractivity contribution in [2.75, 3.05) is 13.7 Å². The van der Waals surface area contributed by atoms with E-state index in [1.165, 1.54) is 19.2 Å². The van der Waals surface area contributed by atoms with Crippen molar-refractivity contribution in [2.45, 2.75) is 19.7 Å². The lowest BCUT2D eigenvalue weighted by Gasteiger charge is -2.15. The Bertz CT molecular complexity index is 443. The second-order valence-corrected chi connectivity index (χ2v) is 3.47. The van der Waals surface area contributed by atoms with Gasteiger partial charge in [-0.2, -0.15) is 0 Å². The van der Waals surface area contributed by atoms with Gasteiger partial charge in [0.25, 0.3) is 0 Å². The van der Waals surface area contributed by atoms with Crippen molar-refractivity contribution >= 4 is 5.97 Å². The molecule has 0 saturated carbocycles. The maximum Gasteiger partial charge on any atom is 0.573 e. The molecule has 0 spiro atoms. The molecule has 1 aromatic rings. The molecule has 0 radical (unpaired) electrons. The Morgan fingerprint density at radius 1 is 1.26 bits per heavy atom. The quantitative estimate of drug-likeness (QED) is 0.777. The summed E-state index contributed by atoms with van der Waals surface area (Å²) in [5, 5.41) is 0. The Morgan fingerprint density at radius 3 is 2.42 bits per heavy atom. The van der Waals surface area contributed by atoms with Crippen LogP contribution in [0.4, 0.5) is 13.2 Å². The van der Waals surface area contributed by atoms with E-state index in [1.807, 2.05) is 0 Å². The van der Waals surface area contributed by atoms with Crippen LogP contribution in [0, 0.1) is 0 Å². The predicted molar refractivity (Wildman–Crippen MR) is 60.0 cm³/mol. The summed E-state index contributed by atoms with van der Waals surface area (Å²) >= 11 is 0. The zero-order valence-corrected chi connectivity index (χ0v) is 10.4. The minimum absolute atomic E-state index is 0.000718. The van der Waals surface area contributed by atoms with Gasteiger partial charge in [0.15, 0.2) is 0 Å². The van der Waals surface area contributed by atoms with Crippen LogP contribution in [0.15, 0.2) is 18.2 Å². The molecule has 0 bridgehead atoms. The molecule has 0 saturated heterocycles. The van der Waals surface area contributed by atoms with E-state index < -0.39 is 18.1 Å². The normalized spacial score (nSPS) is 11.0. The first-order valence-electron chi connectivity index (χ1n) is 5.44. The van der Waals surface area contributed by atoms with Crippen LogP contribution in [0.5, 0.6) is 11.5 Å². The van der Waals surface area contributed by atoms with Crippen molar-refractivity contribution in [1.29, 1.82) is 0 Å². The van der Waals surface area contributed by atoms with Gasteiger partial charge in [0.05, 0.1) is 20.1 Å². The fourth-order valence-electron chi connectivity index (χ4n) is 1.49. The second kappa shape index (κ2) is 6.31. The molecule has 7 heteroatoms. The molecule has 0 fully saturated rings. The van der Waals surface area contributed by atoms with E-state index in [-0.39, 0.29) is 24.3 Å². The van der Waals surface area contributed by atoms with Gasteiger partial charge < -0.3 is 14.2 Å². The maximum absolute atomic E-state index is 12.3. The predicted octanol–water partition coefficient (Wildman–Crippen LogP) is 2.70. The zero-order chi connectivity index (χ0) is 14.5. The minimum Gasteiger partial charge on any atom is -0.496 e. The summed E-state index contributed by atoms with van der Waals surface area (Å²) in [6.45, 7) is 1.75. The van der Waals surface area contributed by atoms with Crippen LogP contribution >= 0.6 is 0 Å². The third-order valence-corrected chi connectivity index (χ3v) is 2.16. The Hall–Kier alpha value is -1.92. The van der Waals surface area contributed by atoms with Crippen molar-refractivity contribution in [3.63, 3.8) is 0 Å². The summed E-state index contributed by atoms with van der Waals surface area (Å²) < 4.78 is 50.3. The summed E-state index contributed by atoms with van der Waals surface area (Å²) in [5.74, 6) is -0.992. The highest BCUT2D eigenvalue weighted by molar-refractivity contribution is 5.75. The number of esters is 1. The zero-order valence-electron chi connectivity index (χ0n) is 10.4. The van der Waals surface area contributed by atoms with Crippen molar-refractivity contribution in [1.82, 2.24) is 0 Å². The number of halogens is 3. The summed E-state index contributed by atoms with van der Waals surface area (Å²) in [7, 11) is 1.29. The molecular weight excluding hydrogens is 265 g/mol. The molecule has 4 nitrogen and oxygen atoms in total. The lowest BCUT2D eigenvalue weighted by molar-refractivity contribution is -0.275. The molecule has 0 aromatic heterocycles. The lowest BCUT2D eigenvalue weighted by atomic mass is 10.1. The molecule has 19 heavy (non-hydrogen) atoms. The number of carbonyl (C=O) groups is 1. The van der Waals surface area contributed by atoms with Crippen LogP contribution < -0.4 is 9.47 Å². The first-order valence-corrected chi connectivity index (χ1v) is 5.44. The highest BCUT2D eigenvalue weighted by Crippen LogP contribution is 2.33. The van der Waals surface area contributed by atoms with E-state index in [1.54, 1.807) is 6.92 Å². The standard InChI is InChI=1S/C12H13F3O4/c1-3-18-11(16)7-8-9(17-2)5-4-6-10(8)19-12(13,14)15/h4-6H,3,7H2,1-2H3. The Morgan fingerprint density at radius 2 is 1.89 bits per heavy atom. The molecular formula is C12H13F3O4. The van der Waals surface area contributed by atoms with Gasteiger partial charge in [0.2, 0.25) is 0 Å². The number of hydrogen-bond donors (Lipinski definition) is 0. The molecule has 1 aromatic carbocycles. The number of hydrogen-bond acceptors (Lipinski definition) is 4. The molecule has 0 aliphatic carbocycles. The van der Waals surface area contributed by atoms with Gasteiger partial charge in [0.1, 0.15) is 11.5 Å². The Kier molecular flexibility index (Phi) is 5.02. The smallest absolute Gasteiger partial charge is 0.496 e. The van der Waals surface area contributed by atoms with E-state index in [0.29, 0.717) is 0 Å². The van der Waals surface area contributed by atoms with Gasteiger partial charge in [-0.05, 0) is 19.1 Å². The van der Waals surface area contributed by atoms with E-state index in [0.717, 1.165) is 6.07 Å². The summed E-state index contributed by atoms with van der Waals surface area (Å²) in [4.78, 5) is 11.4. The Balaban J connectivity index is 3.06. The van der Waals surface area contributed by atoms with E-state index >= 15 is 0 Å². The monoisotopic (exact) mass is 278 g/mol. The van der Waals surface area contributed by atoms with Crippen LogP contribution in [0.3, 0.4) is 0 Å². The average molecular weight is 278 g/mol. The average Bonchev–Trinajstić information content (AvgIpc) is 2.29. The van der Waals surface area contributed by atoms with Gasteiger partial charge >= 0.3 is 12.3 Å². The van der Waals surface area contributed by atoms with E-state index in [9.17, 15) is 18.0 Å². The molecule has 1 rings (SSSR count). The maximum atomic E-state index is 12.3. The van der Waals surface area contributed by atoms with Gasteiger partial charge in [-0.3, -0.25) is 4.79 Å². The van der Waals surface area contributed by atoms with Gasteiger partial charge in [-0.25, -0.2) is 0 Å². The number of alkyl halides is 3. The van der Waals surface area contributed by atoms with Crippen LogP contribution in [-0.4, -0.2) is 26.0 Å². The second-order valence-electron chi connectivity index (χ2n) is 3.47. The van der Waals surface area contributed by atoms with Crippen LogP contribution in [0.2, 0.25) is 0 Å². The van der Waals surface area contributed by atoms with Crippen molar-refractivity contribution in [3.8, 4) is 11.5 Å². The Labute approximate surface area is 108 Å². The highest BCUT2D eigenvalue weighted by atomic mass is 19.4. The van der Waals surface area contributed by atoms with Gasteiger partial charge in [-0.15, -0.1) is 13.2 Å². The first-order chi connectivity index (χ1) is 8.87. The van der Waals surface area contributed by atoms with Crippen LogP contribution in [0.1, 0.15) is 12.5 Å². The van der Waals surface area contributed by atoms with Crippen LogP contribution in [0.25, 0.3) is 0 Å². The molecule has 0 N–H and O–H groups in total. The van der Waals surface area contributed by atoms with E-state index in [4.69, 9.17) is 9.47 Å². The molecule has 106 valence electrons. The number of ether oxygens (including phenoxy) is 3. The molecule has 0 heterocycles. The lowest BCUT2D eigenvalue weighted by Crippen LogP contribution is -2.19. The van der Waals surface area contributed by atoms with E-state index in [2.05, 4.69) is 4.74 Å².